The molecule has 24 heavy (non-hydrogen) atoms. The molecule has 1 aliphatic rings. The Bertz CT molecular complexity index is 718. The minimum Gasteiger partial charge on any atom is -0.342 e. The van der Waals surface area contributed by atoms with Gasteiger partial charge in [-0.25, -0.2) is 4.68 Å². The monoisotopic (exact) mass is 325 g/mol. The summed E-state index contributed by atoms with van der Waals surface area (Å²) in [7, 11) is 0. The van der Waals surface area contributed by atoms with E-state index in [0.717, 1.165) is 31.6 Å². The number of rotatable bonds is 2. The quantitative estimate of drug-likeness (QED) is 0.839. The van der Waals surface area contributed by atoms with Gasteiger partial charge in [-0.05, 0) is 48.9 Å². The van der Waals surface area contributed by atoms with Gasteiger partial charge in [0.25, 0.3) is 0 Å². The Hall–Kier alpha value is -2.10. The number of amides is 1. The first kappa shape index (κ1) is 16.7. The maximum Gasteiger partial charge on any atom is 0.227 e. The van der Waals surface area contributed by atoms with Crippen LogP contribution in [0.15, 0.2) is 36.7 Å². The molecular weight excluding hydrogens is 298 g/mol. The summed E-state index contributed by atoms with van der Waals surface area (Å²) in [5.74, 6) is 0.754. The zero-order chi connectivity index (χ0) is 17.3. The van der Waals surface area contributed by atoms with Crippen LogP contribution in [0.2, 0.25) is 0 Å². The molecule has 1 aromatic carbocycles. The fourth-order valence-corrected chi connectivity index (χ4v) is 3.35. The average molecular weight is 325 g/mol. The van der Waals surface area contributed by atoms with Crippen LogP contribution in [-0.4, -0.2) is 33.7 Å². The molecule has 2 aromatic rings. The van der Waals surface area contributed by atoms with Crippen LogP contribution < -0.4 is 0 Å². The molecule has 4 heteroatoms. The maximum absolute atomic E-state index is 12.4. The van der Waals surface area contributed by atoms with E-state index in [-0.39, 0.29) is 11.3 Å². The summed E-state index contributed by atoms with van der Waals surface area (Å²) in [4.78, 5) is 14.4. The molecule has 1 amide bonds. The van der Waals surface area contributed by atoms with E-state index >= 15 is 0 Å². The number of carbonyl (C=O) groups is 1. The number of carbonyl (C=O) groups excluding carboxylic acids is 1. The molecule has 0 spiro atoms. The molecule has 3 rings (SSSR count). The lowest BCUT2D eigenvalue weighted by molar-refractivity contribution is -0.140. The summed E-state index contributed by atoms with van der Waals surface area (Å²) in [6, 6.07) is 8.37. The number of hydrogen-bond donors (Lipinski definition) is 0. The van der Waals surface area contributed by atoms with Crippen LogP contribution in [0.4, 0.5) is 0 Å². The van der Waals surface area contributed by atoms with E-state index in [1.165, 1.54) is 11.1 Å². The highest BCUT2D eigenvalue weighted by Crippen LogP contribution is 2.30. The zero-order valence-corrected chi connectivity index (χ0v) is 15.1. The van der Waals surface area contributed by atoms with E-state index in [9.17, 15) is 4.79 Å². The molecule has 0 atom stereocenters. The van der Waals surface area contributed by atoms with Gasteiger partial charge >= 0.3 is 0 Å². The molecule has 0 saturated carbocycles. The van der Waals surface area contributed by atoms with Gasteiger partial charge < -0.3 is 4.90 Å². The van der Waals surface area contributed by atoms with Gasteiger partial charge in [0.1, 0.15) is 0 Å². The predicted octanol–water partition coefficient (Wildman–Crippen LogP) is 3.93. The van der Waals surface area contributed by atoms with Crippen LogP contribution in [0.1, 0.15) is 50.7 Å². The molecule has 0 aliphatic carbocycles. The standard InChI is InChI=1S/C20H27N3O/c1-15-6-5-7-18(12-15)23-14-17(13-21-23)16-8-10-22(11-9-16)19(24)20(2,3)4/h5-7,12-14,16H,8-11H2,1-4H3. The Morgan fingerprint density at radius 1 is 1.21 bits per heavy atom. The second kappa shape index (κ2) is 6.42. The first-order chi connectivity index (χ1) is 11.3. The Morgan fingerprint density at radius 3 is 2.54 bits per heavy atom. The normalized spacial score (nSPS) is 16.4. The Morgan fingerprint density at radius 2 is 1.92 bits per heavy atom. The molecule has 0 bridgehead atoms. The molecule has 128 valence electrons. The molecule has 1 fully saturated rings. The minimum atomic E-state index is -0.289. The zero-order valence-electron chi connectivity index (χ0n) is 15.1. The largest absolute Gasteiger partial charge is 0.342 e. The van der Waals surface area contributed by atoms with Crippen molar-refractivity contribution in [1.29, 1.82) is 0 Å². The van der Waals surface area contributed by atoms with Gasteiger partial charge in [0.15, 0.2) is 0 Å². The molecule has 0 unspecified atom stereocenters. The summed E-state index contributed by atoms with van der Waals surface area (Å²) in [5, 5.41) is 4.53. The van der Waals surface area contributed by atoms with Crippen molar-refractivity contribution in [3.63, 3.8) is 0 Å². The van der Waals surface area contributed by atoms with Crippen molar-refractivity contribution in [3.8, 4) is 5.69 Å². The van der Waals surface area contributed by atoms with Crippen molar-refractivity contribution in [1.82, 2.24) is 14.7 Å². The number of aromatic nitrogens is 2. The van der Waals surface area contributed by atoms with E-state index in [0.29, 0.717) is 5.92 Å². The number of hydrogen-bond acceptors (Lipinski definition) is 2. The minimum absolute atomic E-state index is 0.261. The smallest absolute Gasteiger partial charge is 0.227 e. The van der Waals surface area contributed by atoms with Gasteiger partial charge in [0, 0.05) is 24.7 Å². The van der Waals surface area contributed by atoms with Crippen LogP contribution in [0.5, 0.6) is 0 Å². The maximum atomic E-state index is 12.4. The van der Waals surface area contributed by atoms with Gasteiger partial charge in [-0.3, -0.25) is 4.79 Å². The van der Waals surface area contributed by atoms with Crippen molar-refractivity contribution < 1.29 is 4.79 Å². The molecule has 1 saturated heterocycles. The Balaban J connectivity index is 1.67. The van der Waals surface area contributed by atoms with Crippen molar-refractivity contribution in [2.24, 2.45) is 5.41 Å². The van der Waals surface area contributed by atoms with E-state index in [1.54, 1.807) is 0 Å². The van der Waals surface area contributed by atoms with Crippen LogP contribution >= 0.6 is 0 Å². The summed E-state index contributed by atoms with van der Waals surface area (Å²) >= 11 is 0. The molecule has 0 N–H and O–H groups in total. The van der Waals surface area contributed by atoms with Gasteiger partial charge in [0.2, 0.25) is 5.91 Å². The van der Waals surface area contributed by atoms with Gasteiger partial charge in [-0.15, -0.1) is 0 Å². The Labute approximate surface area is 144 Å². The van der Waals surface area contributed by atoms with E-state index in [4.69, 9.17) is 0 Å². The first-order valence-corrected chi connectivity index (χ1v) is 8.75. The highest BCUT2D eigenvalue weighted by atomic mass is 16.2. The highest BCUT2D eigenvalue weighted by molar-refractivity contribution is 5.81. The van der Waals surface area contributed by atoms with Crippen molar-refractivity contribution in [3.05, 3.63) is 47.8 Å². The number of aryl methyl sites for hydroxylation is 1. The summed E-state index contributed by atoms with van der Waals surface area (Å²) < 4.78 is 1.95. The second-order valence-corrected chi connectivity index (χ2v) is 7.87. The number of benzene rings is 1. The summed E-state index contributed by atoms with van der Waals surface area (Å²) in [5.41, 5.74) is 3.32. The summed E-state index contributed by atoms with van der Waals surface area (Å²) in [6.07, 6.45) is 6.15. The fraction of sp³-hybridized carbons (Fsp3) is 0.500. The van der Waals surface area contributed by atoms with Crippen LogP contribution in [-0.2, 0) is 4.79 Å². The lowest BCUT2D eigenvalue weighted by atomic mass is 9.88. The van der Waals surface area contributed by atoms with E-state index in [1.807, 2.05) is 36.5 Å². The van der Waals surface area contributed by atoms with E-state index < -0.39 is 0 Å². The molecule has 2 heterocycles. The fourth-order valence-electron chi connectivity index (χ4n) is 3.35. The van der Waals surface area contributed by atoms with Crippen molar-refractivity contribution in [2.45, 2.75) is 46.5 Å². The van der Waals surface area contributed by atoms with Crippen LogP contribution in [0, 0.1) is 12.3 Å². The average Bonchev–Trinajstić information content (AvgIpc) is 3.03. The third-order valence-corrected chi connectivity index (χ3v) is 4.76. The van der Waals surface area contributed by atoms with Crippen molar-refractivity contribution >= 4 is 5.91 Å². The van der Waals surface area contributed by atoms with Crippen LogP contribution in [0.25, 0.3) is 5.69 Å². The molecular formula is C20H27N3O. The number of nitrogens with zero attached hydrogens (tertiary/aromatic N) is 3. The molecule has 4 nitrogen and oxygen atoms in total. The lowest BCUT2D eigenvalue weighted by Crippen LogP contribution is -2.43. The molecule has 1 aromatic heterocycles. The van der Waals surface area contributed by atoms with Crippen molar-refractivity contribution in [2.75, 3.05) is 13.1 Å². The van der Waals surface area contributed by atoms with Gasteiger partial charge in [-0.2, -0.15) is 5.10 Å². The van der Waals surface area contributed by atoms with Gasteiger partial charge in [-0.1, -0.05) is 32.9 Å². The Kier molecular flexibility index (Phi) is 4.48. The third-order valence-electron chi connectivity index (χ3n) is 4.76. The first-order valence-electron chi connectivity index (χ1n) is 8.75. The third kappa shape index (κ3) is 3.53. The summed E-state index contributed by atoms with van der Waals surface area (Å²) in [6.45, 7) is 9.76. The SMILES string of the molecule is Cc1cccc(-n2cc(C3CCN(C(=O)C(C)(C)C)CC3)cn2)c1. The van der Waals surface area contributed by atoms with E-state index in [2.05, 4.69) is 42.5 Å². The lowest BCUT2D eigenvalue weighted by Gasteiger charge is -2.35. The van der Waals surface area contributed by atoms with Crippen LogP contribution in [0.3, 0.4) is 0 Å². The topological polar surface area (TPSA) is 38.1 Å². The molecule has 0 radical (unpaired) electrons. The molecule has 1 aliphatic heterocycles. The predicted molar refractivity (Wildman–Crippen MR) is 96.3 cm³/mol. The second-order valence-electron chi connectivity index (χ2n) is 7.87. The number of likely N-dealkylation sites (tertiary alicyclic amines) is 1. The van der Waals surface area contributed by atoms with Gasteiger partial charge in [0.05, 0.1) is 11.9 Å². The highest BCUT2D eigenvalue weighted by Gasteiger charge is 2.31. The number of piperidine rings is 1.